The first-order chi connectivity index (χ1) is 11.1. The zero-order chi connectivity index (χ0) is 16.6. The highest BCUT2D eigenvalue weighted by Crippen LogP contribution is 2.37. The molecule has 1 aliphatic rings. The molecule has 1 aromatic heterocycles. The molecule has 1 atom stereocenters. The fraction of sp³-hybridized carbons (Fsp3) is 0.467. The van der Waals surface area contributed by atoms with E-state index in [2.05, 4.69) is 22.2 Å². The summed E-state index contributed by atoms with van der Waals surface area (Å²) in [7, 11) is 2.83. The normalized spacial score (nSPS) is 18.3. The number of benzene rings is 1. The fourth-order valence-electron chi connectivity index (χ4n) is 2.80. The molecule has 8 heteroatoms. The molecule has 3 N–H and O–H groups in total. The van der Waals surface area contributed by atoms with E-state index in [1.165, 1.54) is 14.2 Å². The summed E-state index contributed by atoms with van der Waals surface area (Å²) in [5, 5.41) is 3.70. The van der Waals surface area contributed by atoms with Crippen molar-refractivity contribution in [2.75, 3.05) is 44.5 Å². The molecule has 7 nitrogen and oxygen atoms in total. The van der Waals surface area contributed by atoms with Crippen molar-refractivity contribution in [3.05, 3.63) is 11.9 Å². The van der Waals surface area contributed by atoms with Crippen LogP contribution in [0.3, 0.4) is 0 Å². The second-order valence-electron chi connectivity index (χ2n) is 5.48. The molecule has 2 aromatic rings. The van der Waals surface area contributed by atoms with Gasteiger partial charge < -0.3 is 25.4 Å². The van der Waals surface area contributed by atoms with E-state index in [9.17, 15) is 4.39 Å². The molecule has 0 radical (unpaired) electrons. The molecule has 3 rings (SSSR count). The van der Waals surface area contributed by atoms with E-state index in [4.69, 9.17) is 15.2 Å². The minimum atomic E-state index is -0.597. The number of methoxy groups -OCH3 is 2. The number of hydrogen-bond acceptors (Lipinski definition) is 7. The van der Waals surface area contributed by atoms with Gasteiger partial charge in [-0.3, -0.25) is 0 Å². The molecule has 0 amide bonds. The highest BCUT2D eigenvalue weighted by atomic mass is 19.1. The van der Waals surface area contributed by atoms with Crippen LogP contribution in [0.25, 0.3) is 10.9 Å². The quantitative estimate of drug-likeness (QED) is 0.877. The number of hydrogen-bond donors (Lipinski definition) is 2. The highest BCUT2D eigenvalue weighted by Gasteiger charge is 2.24. The van der Waals surface area contributed by atoms with Crippen LogP contribution in [0.1, 0.15) is 6.92 Å². The average molecular weight is 321 g/mol. The fourth-order valence-corrected chi connectivity index (χ4v) is 2.80. The summed E-state index contributed by atoms with van der Waals surface area (Å²) >= 11 is 0. The Bertz CT molecular complexity index is 740. The zero-order valence-electron chi connectivity index (χ0n) is 13.4. The summed E-state index contributed by atoms with van der Waals surface area (Å²) < 4.78 is 25.0. The van der Waals surface area contributed by atoms with E-state index in [-0.39, 0.29) is 28.9 Å². The van der Waals surface area contributed by atoms with Crippen molar-refractivity contribution in [1.82, 2.24) is 15.3 Å². The molecule has 1 saturated heterocycles. The molecular formula is C15H20FN5O2. The first-order valence-electron chi connectivity index (χ1n) is 7.41. The number of anilines is 2. The van der Waals surface area contributed by atoms with Crippen molar-refractivity contribution in [1.29, 1.82) is 0 Å². The Morgan fingerprint density at radius 1 is 1.35 bits per heavy atom. The van der Waals surface area contributed by atoms with Gasteiger partial charge in [0.2, 0.25) is 5.95 Å². The Labute approximate surface area is 133 Å². The van der Waals surface area contributed by atoms with Crippen LogP contribution < -0.4 is 25.4 Å². The van der Waals surface area contributed by atoms with Gasteiger partial charge in [-0.2, -0.15) is 4.98 Å². The number of fused-ring (bicyclic) bond motifs is 1. The maximum atomic E-state index is 14.8. The maximum absolute atomic E-state index is 14.8. The first-order valence-corrected chi connectivity index (χ1v) is 7.41. The first kappa shape index (κ1) is 15.5. The van der Waals surface area contributed by atoms with Gasteiger partial charge in [0, 0.05) is 31.1 Å². The van der Waals surface area contributed by atoms with Gasteiger partial charge in [0.05, 0.1) is 14.2 Å². The van der Waals surface area contributed by atoms with Crippen LogP contribution in [0.5, 0.6) is 11.5 Å². The van der Waals surface area contributed by atoms with E-state index in [1.54, 1.807) is 6.07 Å². The Morgan fingerprint density at radius 2 is 2.13 bits per heavy atom. The summed E-state index contributed by atoms with van der Waals surface area (Å²) in [6.07, 6.45) is 0. The number of ether oxygens (including phenoxy) is 2. The van der Waals surface area contributed by atoms with Crippen molar-refractivity contribution in [3.8, 4) is 11.5 Å². The number of rotatable bonds is 3. The van der Waals surface area contributed by atoms with Crippen LogP contribution in [-0.2, 0) is 0 Å². The van der Waals surface area contributed by atoms with Crippen molar-refractivity contribution in [2.24, 2.45) is 0 Å². The highest BCUT2D eigenvalue weighted by molar-refractivity contribution is 5.92. The van der Waals surface area contributed by atoms with E-state index in [1.807, 2.05) is 4.90 Å². The van der Waals surface area contributed by atoms with Gasteiger partial charge in [-0.15, -0.1) is 0 Å². The van der Waals surface area contributed by atoms with Gasteiger partial charge in [0.15, 0.2) is 17.3 Å². The zero-order valence-corrected chi connectivity index (χ0v) is 13.4. The number of nitrogen functional groups attached to an aromatic ring is 1. The predicted octanol–water partition coefficient (Wildman–Crippen LogP) is 1.17. The van der Waals surface area contributed by atoms with Crippen LogP contribution in [0, 0.1) is 5.82 Å². The van der Waals surface area contributed by atoms with Crippen molar-refractivity contribution in [3.63, 3.8) is 0 Å². The van der Waals surface area contributed by atoms with Crippen molar-refractivity contribution in [2.45, 2.75) is 13.0 Å². The standard InChI is InChI=1S/C15H20FN5O2/c1-8-7-18-4-5-21(8)15-19-12-9(14(17)20-15)6-10(22-2)13(23-3)11(12)16/h6,8,18H,4-5,7H2,1-3H3,(H2,17,19,20)/t8-/m0/s1. The van der Waals surface area contributed by atoms with E-state index in [0.29, 0.717) is 11.3 Å². The Kier molecular flexibility index (Phi) is 4.08. The number of piperazine rings is 1. The number of nitrogens with zero attached hydrogens (tertiary/aromatic N) is 3. The third-order valence-corrected chi connectivity index (χ3v) is 4.05. The molecule has 1 aromatic carbocycles. The monoisotopic (exact) mass is 321 g/mol. The molecule has 0 spiro atoms. The molecule has 1 aliphatic heterocycles. The summed E-state index contributed by atoms with van der Waals surface area (Å²) in [5.74, 6) is 0.319. The van der Waals surface area contributed by atoms with Gasteiger partial charge >= 0.3 is 0 Å². The lowest BCUT2D eigenvalue weighted by atomic mass is 10.2. The molecule has 0 unspecified atom stereocenters. The molecular weight excluding hydrogens is 301 g/mol. The van der Waals surface area contributed by atoms with Crippen LogP contribution in [0.2, 0.25) is 0 Å². The van der Waals surface area contributed by atoms with Crippen molar-refractivity contribution >= 4 is 22.7 Å². The largest absolute Gasteiger partial charge is 0.493 e. The lowest BCUT2D eigenvalue weighted by Gasteiger charge is -2.34. The summed E-state index contributed by atoms with van der Waals surface area (Å²) in [5.41, 5.74) is 6.17. The smallest absolute Gasteiger partial charge is 0.228 e. The Hall–Kier alpha value is -2.35. The number of nitrogens with two attached hydrogens (primary N) is 1. The number of halogens is 1. The van der Waals surface area contributed by atoms with E-state index < -0.39 is 5.82 Å². The molecule has 0 saturated carbocycles. The average Bonchev–Trinajstić information content (AvgIpc) is 2.55. The number of nitrogens with one attached hydrogen (secondary N) is 1. The van der Waals surface area contributed by atoms with Gasteiger partial charge in [0.25, 0.3) is 0 Å². The topological polar surface area (TPSA) is 85.5 Å². The van der Waals surface area contributed by atoms with Crippen LogP contribution >= 0.6 is 0 Å². The molecule has 2 heterocycles. The third kappa shape index (κ3) is 2.59. The number of aromatic nitrogens is 2. The molecule has 23 heavy (non-hydrogen) atoms. The van der Waals surface area contributed by atoms with Crippen molar-refractivity contribution < 1.29 is 13.9 Å². The summed E-state index contributed by atoms with van der Waals surface area (Å²) in [6, 6.07) is 1.79. The Balaban J connectivity index is 2.18. The second-order valence-corrected chi connectivity index (χ2v) is 5.48. The molecule has 124 valence electrons. The predicted molar refractivity (Wildman–Crippen MR) is 86.7 cm³/mol. The summed E-state index contributed by atoms with van der Waals surface area (Å²) in [6.45, 7) is 4.43. The summed E-state index contributed by atoms with van der Waals surface area (Å²) in [4.78, 5) is 10.8. The maximum Gasteiger partial charge on any atom is 0.228 e. The van der Waals surface area contributed by atoms with Crippen LogP contribution in [-0.4, -0.2) is 49.9 Å². The molecule has 0 bridgehead atoms. The van der Waals surface area contributed by atoms with Gasteiger partial charge in [-0.1, -0.05) is 0 Å². The van der Waals surface area contributed by atoms with Crippen LogP contribution in [0.15, 0.2) is 6.07 Å². The lowest BCUT2D eigenvalue weighted by Crippen LogP contribution is -2.50. The van der Waals surface area contributed by atoms with Gasteiger partial charge in [-0.25, -0.2) is 9.37 Å². The van der Waals surface area contributed by atoms with Crippen LogP contribution in [0.4, 0.5) is 16.2 Å². The minimum Gasteiger partial charge on any atom is -0.493 e. The lowest BCUT2D eigenvalue weighted by molar-refractivity contribution is 0.339. The van der Waals surface area contributed by atoms with Gasteiger partial charge in [0.1, 0.15) is 11.3 Å². The SMILES string of the molecule is COc1cc2c(N)nc(N3CCNC[C@@H]3C)nc2c(F)c1OC. The minimum absolute atomic E-state index is 0.0115. The van der Waals surface area contributed by atoms with E-state index >= 15 is 0 Å². The van der Waals surface area contributed by atoms with E-state index in [0.717, 1.165) is 19.6 Å². The Morgan fingerprint density at radius 3 is 2.78 bits per heavy atom. The molecule has 0 aliphatic carbocycles. The molecule has 1 fully saturated rings. The van der Waals surface area contributed by atoms with Gasteiger partial charge in [-0.05, 0) is 13.0 Å². The second kappa shape index (κ2) is 6.04. The third-order valence-electron chi connectivity index (χ3n) is 4.05.